The largest absolute Gasteiger partial charge is 0.508 e. The van der Waals surface area contributed by atoms with E-state index in [1.54, 1.807) is 38.1 Å². The van der Waals surface area contributed by atoms with E-state index in [1.165, 1.54) is 29.3 Å². The maximum Gasteiger partial charge on any atom is 0.307 e. The fourth-order valence-corrected chi connectivity index (χ4v) is 7.29. The standard InChI is InChI=1S/C41H63N5O10S/c1-11-14-35(49)55-23-46(40(52)36(25(6)12-2)44-38(51)32(13-3)45(9)10)33(24(4)5)21-34(56-27(8)47)39-43-31(22-57-39)37(50)42-29(19-26(7)41(53)54)20-28-15-17-30(48)18-16-28/h15-18,22,24-26,29,32-34,36,48H,11-14,19-21,23H2,1-10H3,(H,42,50)(H,44,51)(H,53,54)/t25-,26-,29+,32+,33+,34+,36?/m1/s1. The van der Waals surface area contributed by atoms with Gasteiger partial charge in [-0.05, 0) is 69.3 Å². The van der Waals surface area contributed by atoms with E-state index in [2.05, 4.69) is 15.6 Å². The van der Waals surface area contributed by atoms with E-state index in [9.17, 15) is 39.0 Å². The van der Waals surface area contributed by atoms with E-state index in [0.717, 1.165) is 16.9 Å². The third-order valence-electron chi connectivity index (χ3n) is 9.97. The van der Waals surface area contributed by atoms with Gasteiger partial charge in [0.15, 0.2) is 12.8 Å². The molecular weight excluding hydrogens is 755 g/mol. The Hall–Kier alpha value is -4.57. The topological polar surface area (TPSA) is 205 Å². The van der Waals surface area contributed by atoms with Crippen LogP contribution in [0.3, 0.4) is 0 Å². The number of carboxylic acids is 1. The normalized spacial score (nSPS) is 15.1. The van der Waals surface area contributed by atoms with Gasteiger partial charge in [-0.25, -0.2) is 4.98 Å². The van der Waals surface area contributed by atoms with Crippen LogP contribution in [0, 0.1) is 17.8 Å². The van der Waals surface area contributed by atoms with Crippen LogP contribution in [0.5, 0.6) is 5.75 Å². The summed E-state index contributed by atoms with van der Waals surface area (Å²) in [6, 6.07) is 3.70. The lowest BCUT2D eigenvalue weighted by Crippen LogP contribution is -2.58. The Bertz CT molecular complexity index is 1630. The number of ether oxygens (including phenoxy) is 2. The van der Waals surface area contributed by atoms with Crippen molar-refractivity contribution in [2.45, 2.75) is 131 Å². The van der Waals surface area contributed by atoms with Crippen molar-refractivity contribution in [3.8, 4) is 5.75 Å². The molecule has 0 aliphatic rings. The Morgan fingerprint density at radius 3 is 2.11 bits per heavy atom. The van der Waals surface area contributed by atoms with Gasteiger partial charge >= 0.3 is 17.9 Å². The van der Waals surface area contributed by atoms with Gasteiger partial charge in [0.05, 0.1) is 12.0 Å². The summed E-state index contributed by atoms with van der Waals surface area (Å²) in [7, 11) is 3.59. The minimum atomic E-state index is -1.02. The van der Waals surface area contributed by atoms with Crippen LogP contribution < -0.4 is 10.6 Å². The molecule has 0 aliphatic heterocycles. The zero-order chi connectivity index (χ0) is 43.0. The second-order valence-corrected chi connectivity index (χ2v) is 16.1. The summed E-state index contributed by atoms with van der Waals surface area (Å²) in [6.45, 7) is 13.7. The number of benzene rings is 1. The number of carbonyl (C=O) groups excluding carboxylic acids is 5. The zero-order valence-electron chi connectivity index (χ0n) is 35.1. The molecule has 1 heterocycles. The van der Waals surface area contributed by atoms with Crippen LogP contribution in [0.4, 0.5) is 0 Å². The second kappa shape index (κ2) is 23.6. The molecule has 1 aromatic carbocycles. The first-order valence-corrected chi connectivity index (χ1v) is 20.6. The Labute approximate surface area is 340 Å². The maximum atomic E-state index is 14.7. The highest BCUT2D eigenvalue weighted by atomic mass is 32.1. The highest BCUT2D eigenvalue weighted by Gasteiger charge is 2.39. The number of nitrogens with one attached hydrogen (secondary N) is 2. The zero-order valence-corrected chi connectivity index (χ0v) is 35.9. The lowest BCUT2D eigenvalue weighted by Gasteiger charge is -2.39. The van der Waals surface area contributed by atoms with Crippen molar-refractivity contribution in [2.24, 2.45) is 17.8 Å². The number of thiazole rings is 1. The van der Waals surface area contributed by atoms with Crippen LogP contribution >= 0.6 is 11.3 Å². The summed E-state index contributed by atoms with van der Waals surface area (Å²) in [5, 5.41) is 27.0. The minimum absolute atomic E-state index is 0.0267. The number of rotatable bonds is 24. The van der Waals surface area contributed by atoms with Crippen molar-refractivity contribution in [3.63, 3.8) is 0 Å². The van der Waals surface area contributed by atoms with E-state index < -0.39 is 72.6 Å². The Morgan fingerprint density at radius 2 is 1.58 bits per heavy atom. The third-order valence-corrected chi connectivity index (χ3v) is 10.9. The number of aliphatic carboxylic acids is 1. The molecule has 318 valence electrons. The molecule has 7 atom stereocenters. The number of amides is 3. The molecule has 2 rings (SSSR count). The van der Waals surface area contributed by atoms with Crippen LogP contribution in [0.25, 0.3) is 0 Å². The molecule has 0 saturated carbocycles. The molecule has 0 fully saturated rings. The van der Waals surface area contributed by atoms with Gasteiger partial charge in [-0.15, -0.1) is 11.3 Å². The molecule has 16 heteroatoms. The Balaban J connectivity index is 2.52. The fourth-order valence-electron chi connectivity index (χ4n) is 6.45. The van der Waals surface area contributed by atoms with E-state index in [1.807, 2.05) is 41.5 Å². The van der Waals surface area contributed by atoms with Gasteiger partial charge in [-0.2, -0.15) is 0 Å². The average Bonchev–Trinajstić information content (AvgIpc) is 3.64. The molecule has 0 spiro atoms. The summed E-state index contributed by atoms with van der Waals surface area (Å²) in [5.74, 6) is -4.68. The number of phenols is 1. The van der Waals surface area contributed by atoms with Gasteiger partial charge in [0.1, 0.15) is 22.5 Å². The number of carboxylic acid groups (broad SMARTS) is 1. The van der Waals surface area contributed by atoms with Gasteiger partial charge < -0.3 is 35.2 Å². The molecule has 1 unspecified atom stereocenters. The SMILES string of the molecule is CCCC(=O)OCN(C(=O)C(NC(=O)[C@H](CC)N(C)C)[C@H](C)CC)[C@@H](C[C@H](OC(C)=O)c1nc(C(=O)N[C@H](Cc2ccc(O)cc2)C[C@@H](C)C(=O)O)cs1)C(C)C. The quantitative estimate of drug-likeness (QED) is 0.0785. The molecule has 0 aliphatic carbocycles. The number of hydrogen-bond donors (Lipinski definition) is 4. The molecule has 0 bridgehead atoms. The summed E-state index contributed by atoms with van der Waals surface area (Å²) < 4.78 is 11.4. The Kier molecular flexibility index (Phi) is 20.1. The number of nitrogens with zero attached hydrogens (tertiary/aromatic N) is 3. The molecule has 1 aromatic heterocycles. The molecule has 57 heavy (non-hydrogen) atoms. The van der Waals surface area contributed by atoms with Crippen molar-refractivity contribution in [1.29, 1.82) is 0 Å². The number of aromatic nitrogens is 1. The fraction of sp³-hybridized carbons (Fsp3) is 0.634. The summed E-state index contributed by atoms with van der Waals surface area (Å²) >= 11 is 1.09. The molecule has 4 N–H and O–H groups in total. The van der Waals surface area contributed by atoms with Crippen molar-refractivity contribution in [2.75, 3.05) is 20.8 Å². The van der Waals surface area contributed by atoms with E-state index in [4.69, 9.17) is 9.47 Å². The lowest BCUT2D eigenvalue weighted by molar-refractivity contribution is -0.160. The smallest absolute Gasteiger partial charge is 0.307 e. The number of phenolic OH excluding ortho intramolecular Hbond substituents is 1. The van der Waals surface area contributed by atoms with Crippen LogP contribution in [-0.2, 0) is 39.9 Å². The molecule has 15 nitrogen and oxygen atoms in total. The second-order valence-electron chi connectivity index (χ2n) is 15.2. The Morgan fingerprint density at radius 1 is 0.930 bits per heavy atom. The minimum Gasteiger partial charge on any atom is -0.508 e. The van der Waals surface area contributed by atoms with Gasteiger partial charge in [-0.3, -0.25) is 33.7 Å². The van der Waals surface area contributed by atoms with E-state index >= 15 is 0 Å². The highest BCUT2D eigenvalue weighted by Crippen LogP contribution is 2.32. The number of aromatic hydroxyl groups is 1. The first kappa shape index (κ1) is 48.6. The molecule has 0 saturated heterocycles. The monoisotopic (exact) mass is 817 g/mol. The molecule has 2 aromatic rings. The van der Waals surface area contributed by atoms with E-state index in [-0.39, 0.29) is 53.5 Å². The molecule has 3 amide bonds. The van der Waals surface area contributed by atoms with E-state index in [0.29, 0.717) is 25.7 Å². The predicted molar refractivity (Wildman–Crippen MR) is 216 cm³/mol. The summed E-state index contributed by atoms with van der Waals surface area (Å²) in [6.07, 6.45) is 1.21. The van der Waals surface area contributed by atoms with Crippen LogP contribution in [0.1, 0.15) is 121 Å². The number of hydrogen-bond acceptors (Lipinski definition) is 12. The van der Waals surface area contributed by atoms with Crippen molar-refractivity contribution in [3.05, 3.63) is 45.9 Å². The van der Waals surface area contributed by atoms with Crippen LogP contribution in [0.15, 0.2) is 29.6 Å². The van der Waals surface area contributed by atoms with Gasteiger partial charge in [0.25, 0.3) is 5.91 Å². The predicted octanol–water partition coefficient (Wildman–Crippen LogP) is 5.32. The van der Waals surface area contributed by atoms with Crippen molar-refractivity contribution in [1.82, 2.24) is 25.4 Å². The molecular formula is C41H63N5O10S. The number of likely N-dealkylation sites (N-methyl/N-ethyl adjacent to an activating group) is 1. The maximum absolute atomic E-state index is 14.7. The van der Waals surface area contributed by atoms with Crippen molar-refractivity contribution < 1.29 is 48.5 Å². The van der Waals surface area contributed by atoms with Crippen LogP contribution in [0.2, 0.25) is 0 Å². The first-order valence-electron chi connectivity index (χ1n) is 19.7. The summed E-state index contributed by atoms with van der Waals surface area (Å²) in [4.78, 5) is 86.4. The first-order chi connectivity index (χ1) is 26.8. The summed E-state index contributed by atoms with van der Waals surface area (Å²) in [5.41, 5.74) is 0.807. The third kappa shape index (κ3) is 15.4. The van der Waals surface area contributed by atoms with Gasteiger partial charge in [0, 0.05) is 37.2 Å². The highest BCUT2D eigenvalue weighted by molar-refractivity contribution is 7.09. The number of carbonyl (C=O) groups is 6. The van der Waals surface area contributed by atoms with Crippen molar-refractivity contribution >= 4 is 47.0 Å². The van der Waals surface area contributed by atoms with Crippen LogP contribution in [-0.4, -0.2) is 106 Å². The molecule has 0 radical (unpaired) electrons. The number of esters is 2. The van der Waals surface area contributed by atoms with Gasteiger partial charge in [-0.1, -0.05) is 67.0 Å². The lowest BCUT2D eigenvalue weighted by atomic mass is 9.92. The average molecular weight is 818 g/mol. The van der Waals surface area contributed by atoms with Gasteiger partial charge in [0.2, 0.25) is 11.8 Å².